The van der Waals surface area contributed by atoms with E-state index in [0.717, 1.165) is 38.5 Å². The van der Waals surface area contributed by atoms with Crippen molar-refractivity contribution < 1.29 is 9.47 Å². The van der Waals surface area contributed by atoms with Gasteiger partial charge >= 0.3 is 0 Å². The van der Waals surface area contributed by atoms with Gasteiger partial charge in [0.15, 0.2) is 0 Å². The molecule has 1 aliphatic rings. The van der Waals surface area contributed by atoms with Crippen LogP contribution in [0.1, 0.15) is 5.56 Å². The first-order chi connectivity index (χ1) is 10.8. The molecule has 0 aliphatic carbocycles. The van der Waals surface area contributed by atoms with Crippen molar-refractivity contribution in [1.29, 1.82) is 0 Å². The molecule has 1 fully saturated rings. The van der Waals surface area contributed by atoms with Gasteiger partial charge in [-0.25, -0.2) is 0 Å². The average molecular weight is 301 g/mol. The highest BCUT2D eigenvalue weighted by Gasteiger charge is 2.20. The number of hydrogen-bond donors (Lipinski definition) is 0. The molecule has 1 aliphatic heterocycles. The van der Waals surface area contributed by atoms with Gasteiger partial charge in [0.05, 0.1) is 19.3 Å². The predicted octanol–water partition coefficient (Wildman–Crippen LogP) is 1.97. The van der Waals surface area contributed by atoms with Crippen LogP contribution in [-0.4, -0.2) is 53.6 Å². The fourth-order valence-corrected chi connectivity index (χ4v) is 2.71. The molecule has 1 atom stereocenters. The Bertz CT molecular complexity index is 571. The number of hydrogen-bond acceptors (Lipinski definition) is 4. The molecule has 5 heteroatoms. The number of para-hydroxylation sites is 1. The van der Waals surface area contributed by atoms with Gasteiger partial charge in [0, 0.05) is 32.0 Å². The minimum atomic E-state index is 0.201. The third-order valence-electron chi connectivity index (χ3n) is 3.93. The summed E-state index contributed by atoms with van der Waals surface area (Å²) in [6.07, 6.45) is 3.98. The number of benzene rings is 1. The zero-order chi connectivity index (χ0) is 15.2. The number of nitrogens with zero attached hydrogens (tertiary/aromatic N) is 3. The number of ether oxygens (including phenoxy) is 2. The van der Waals surface area contributed by atoms with Gasteiger partial charge in [-0.15, -0.1) is 0 Å². The molecule has 1 saturated heterocycles. The lowest BCUT2D eigenvalue weighted by atomic mass is 10.2. The van der Waals surface area contributed by atoms with Crippen LogP contribution >= 0.6 is 0 Å². The largest absolute Gasteiger partial charge is 0.492 e. The lowest BCUT2D eigenvalue weighted by molar-refractivity contribution is -0.0401. The van der Waals surface area contributed by atoms with Crippen molar-refractivity contribution in [3.8, 4) is 5.75 Å². The van der Waals surface area contributed by atoms with E-state index in [1.165, 1.54) is 5.56 Å². The van der Waals surface area contributed by atoms with Crippen molar-refractivity contribution in [3.05, 3.63) is 48.3 Å². The number of aryl methyl sites for hydroxylation is 1. The Morgan fingerprint density at radius 3 is 3.05 bits per heavy atom. The van der Waals surface area contributed by atoms with Crippen LogP contribution in [0, 0.1) is 6.92 Å². The first kappa shape index (κ1) is 15.1. The molecule has 0 spiro atoms. The molecule has 0 radical (unpaired) electrons. The number of morpholine rings is 1. The minimum Gasteiger partial charge on any atom is -0.492 e. The van der Waals surface area contributed by atoms with Crippen LogP contribution in [0.4, 0.5) is 0 Å². The second-order valence-corrected chi connectivity index (χ2v) is 5.64. The van der Waals surface area contributed by atoms with E-state index in [1.807, 2.05) is 35.1 Å². The van der Waals surface area contributed by atoms with Gasteiger partial charge in [-0.2, -0.15) is 5.10 Å². The Morgan fingerprint density at radius 1 is 1.32 bits per heavy atom. The summed E-state index contributed by atoms with van der Waals surface area (Å²) in [6.45, 7) is 7.18. The van der Waals surface area contributed by atoms with Crippen LogP contribution in [0.25, 0.3) is 0 Å². The zero-order valence-electron chi connectivity index (χ0n) is 13.0. The van der Waals surface area contributed by atoms with E-state index in [2.05, 4.69) is 23.0 Å². The van der Waals surface area contributed by atoms with Gasteiger partial charge in [-0.1, -0.05) is 18.2 Å². The highest BCUT2D eigenvalue weighted by atomic mass is 16.5. The average Bonchev–Trinajstić information content (AvgIpc) is 3.03. The summed E-state index contributed by atoms with van der Waals surface area (Å²) in [4.78, 5) is 2.40. The Kier molecular flexibility index (Phi) is 5.08. The molecule has 22 heavy (non-hydrogen) atoms. The van der Waals surface area contributed by atoms with E-state index in [1.54, 1.807) is 6.20 Å². The molecule has 1 unspecified atom stereocenters. The maximum Gasteiger partial charge on any atom is 0.122 e. The van der Waals surface area contributed by atoms with Crippen LogP contribution < -0.4 is 4.74 Å². The van der Waals surface area contributed by atoms with Gasteiger partial charge < -0.3 is 9.47 Å². The second kappa shape index (κ2) is 7.42. The van der Waals surface area contributed by atoms with Crippen molar-refractivity contribution in [2.24, 2.45) is 0 Å². The molecule has 3 rings (SSSR count). The summed E-state index contributed by atoms with van der Waals surface area (Å²) >= 11 is 0. The van der Waals surface area contributed by atoms with Crippen LogP contribution in [0.15, 0.2) is 42.7 Å². The van der Waals surface area contributed by atoms with E-state index in [4.69, 9.17) is 9.47 Å². The smallest absolute Gasteiger partial charge is 0.122 e. The third-order valence-corrected chi connectivity index (χ3v) is 3.93. The molecule has 5 nitrogen and oxygen atoms in total. The van der Waals surface area contributed by atoms with E-state index in [0.29, 0.717) is 6.61 Å². The fourth-order valence-electron chi connectivity index (χ4n) is 2.71. The Labute approximate surface area is 131 Å². The molecule has 118 valence electrons. The highest BCUT2D eigenvalue weighted by Crippen LogP contribution is 2.16. The molecule has 1 aromatic heterocycles. The van der Waals surface area contributed by atoms with Crippen LogP contribution in [0.2, 0.25) is 0 Å². The standard InChI is InChI=1S/C17H23N3O2/c1-15-5-2-3-6-17(15)22-12-10-19-9-11-21-16(13-19)14-20-8-4-7-18-20/h2-8,16H,9-14H2,1H3. The van der Waals surface area contributed by atoms with Crippen molar-refractivity contribution in [1.82, 2.24) is 14.7 Å². The van der Waals surface area contributed by atoms with Crippen LogP contribution in [0.5, 0.6) is 5.75 Å². The SMILES string of the molecule is Cc1ccccc1OCCN1CCOC(Cn2cccn2)C1. The number of rotatable bonds is 6. The van der Waals surface area contributed by atoms with Crippen molar-refractivity contribution in [3.63, 3.8) is 0 Å². The van der Waals surface area contributed by atoms with Crippen molar-refractivity contribution in [2.45, 2.75) is 19.6 Å². The third kappa shape index (κ3) is 4.08. The van der Waals surface area contributed by atoms with E-state index in [-0.39, 0.29) is 6.10 Å². The summed E-state index contributed by atoms with van der Waals surface area (Å²) in [5, 5.41) is 4.24. The van der Waals surface area contributed by atoms with Gasteiger partial charge in [0.25, 0.3) is 0 Å². The first-order valence-electron chi connectivity index (χ1n) is 7.81. The molecule has 0 N–H and O–H groups in total. The summed E-state index contributed by atoms with van der Waals surface area (Å²) in [5.41, 5.74) is 1.18. The maximum atomic E-state index is 5.88. The molecule has 0 saturated carbocycles. The summed E-state index contributed by atoms with van der Waals surface area (Å²) in [5.74, 6) is 0.976. The normalized spacial score (nSPS) is 19.2. The van der Waals surface area contributed by atoms with Crippen molar-refractivity contribution >= 4 is 0 Å². The number of aromatic nitrogens is 2. The Balaban J connectivity index is 1.43. The summed E-state index contributed by atoms with van der Waals surface area (Å²) in [6, 6.07) is 10.1. The fraction of sp³-hybridized carbons (Fsp3) is 0.471. The summed E-state index contributed by atoms with van der Waals surface area (Å²) in [7, 11) is 0. The predicted molar refractivity (Wildman–Crippen MR) is 85.1 cm³/mol. The minimum absolute atomic E-state index is 0.201. The van der Waals surface area contributed by atoms with E-state index >= 15 is 0 Å². The molecule has 2 aromatic rings. The van der Waals surface area contributed by atoms with Gasteiger partial charge in [0.2, 0.25) is 0 Å². The molecule has 2 heterocycles. The summed E-state index contributed by atoms with van der Waals surface area (Å²) < 4.78 is 13.6. The zero-order valence-corrected chi connectivity index (χ0v) is 13.0. The molecule has 1 aromatic carbocycles. The molecular weight excluding hydrogens is 278 g/mol. The second-order valence-electron chi connectivity index (χ2n) is 5.64. The topological polar surface area (TPSA) is 39.5 Å². The van der Waals surface area contributed by atoms with Crippen molar-refractivity contribution in [2.75, 3.05) is 32.8 Å². The maximum absolute atomic E-state index is 5.88. The van der Waals surface area contributed by atoms with Crippen LogP contribution in [0.3, 0.4) is 0 Å². The first-order valence-corrected chi connectivity index (χ1v) is 7.81. The molecule has 0 amide bonds. The van der Waals surface area contributed by atoms with E-state index < -0.39 is 0 Å². The van der Waals surface area contributed by atoms with E-state index in [9.17, 15) is 0 Å². The highest BCUT2D eigenvalue weighted by molar-refractivity contribution is 5.31. The van der Waals surface area contributed by atoms with Gasteiger partial charge in [-0.3, -0.25) is 9.58 Å². The lowest BCUT2D eigenvalue weighted by Gasteiger charge is -2.32. The molecular formula is C17H23N3O2. The quantitative estimate of drug-likeness (QED) is 0.818. The van der Waals surface area contributed by atoms with Gasteiger partial charge in [-0.05, 0) is 24.6 Å². The Hall–Kier alpha value is -1.85. The molecule has 0 bridgehead atoms. The Morgan fingerprint density at radius 2 is 2.23 bits per heavy atom. The van der Waals surface area contributed by atoms with Crippen LogP contribution in [-0.2, 0) is 11.3 Å². The lowest BCUT2D eigenvalue weighted by Crippen LogP contribution is -2.45. The van der Waals surface area contributed by atoms with Gasteiger partial charge in [0.1, 0.15) is 12.4 Å². The monoisotopic (exact) mass is 301 g/mol.